The van der Waals surface area contributed by atoms with Crippen LogP contribution in [0, 0.1) is 17.8 Å². The Morgan fingerprint density at radius 2 is 0.496 bits per heavy atom. The Labute approximate surface area is 821 Å². The molecule has 33 heteroatoms. The lowest BCUT2D eigenvalue weighted by atomic mass is 9.98. The van der Waals surface area contributed by atoms with Crippen LogP contribution in [0.5, 0.6) is 0 Å². The first-order valence-electron chi connectivity index (χ1n) is 45.8. The number of carbonyl (C=O) groups is 16. The van der Waals surface area contributed by atoms with E-state index in [0.717, 1.165) is 65.8 Å². The molecule has 0 saturated carbocycles. The number of ether oxygens (including phenoxy) is 6. The number of alkyl carbamates (subject to hydrolysis) is 1. The van der Waals surface area contributed by atoms with Gasteiger partial charge in [-0.2, -0.15) is 0 Å². The lowest BCUT2D eigenvalue weighted by Gasteiger charge is -2.36. The van der Waals surface area contributed by atoms with E-state index in [9.17, 15) is 19.2 Å². The van der Waals surface area contributed by atoms with Crippen molar-refractivity contribution in [2.24, 2.45) is 17.8 Å². The number of methoxy groups -OCH3 is 1. The summed E-state index contributed by atoms with van der Waals surface area (Å²) in [6.07, 6.45) is -2.81. The van der Waals surface area contributed by atoms with Crippen molar-refractivity contribution in [2.45, 2.75) is 209 Å². The number of benzene rings is 8. The number of rotatable bonds is 40. The van der Waals surface area contributed by atoms with Crippen molar-refractivity contribution < 1.29 is 105 Å². The summed E-state index contributed by atoms with van der Waals surface area (Å²) in [6, 6.07) is 59.6. The second kappa shape index (κ2) is 50.9. The average Bonchev–Trinajstić information content (AvgIpc) is 0.546. The second-order valence-corrected chi connectivity index (χ2v) is 37.5. The molecule has 0 unspecified atom stereocenters. The van der Waals surface area contributed by atoms with Gasteiger partial charge in [-0.25, -0.2) is 48.4 Å². The normalized spacial score (nSPS) is 12.7. The summed E-state index contributed by atoms with van der Waals surface area (Å²) in [5.74, 6) is -14.3. The predicted octanol–water partition coefficient (Wildman–Crippen LogP) is 15.6. The molecular weight excluding hydrogens is 1800 g/mol. The van der Waals surface area contributed by atoms with Crippen LogP contribution in [0.1, 0.15) is 181 Å². The molecule has 744 valence electrons. The Morgan fingerprint density at radius 3 is 0.730 bits per heavy atom. The van der Waals surface area contributed by atoms with Gasteiger partial charge in [-0.15, -0.1) is 0 Å². The summed E-state index contributed by atoms with van der Waals surface area (Å²) in [4.78, 5) is 248. The molecule has 0 heterocycles. The van der Waals surface area contributed by atoms with Crippen LogP contribution in [0.2, 0.25) is 0 Å². The molecule has 0 aromatic heterocycles. The average molecular weight is 1930 g/mol. The number of nitrogens with one attached hydrogen (secondary N) is 7. The van der Waals surface area contributed by atoms with E-state index in [4.69, 9.17) is 28.4 Å². The van der Waals surface area contributed by atoms with Gasteiger partial charge < -0.3 is 65.6 Å². The van der Waals surface area contributed by atoms with Crippen molar-refractivity contribution in [1.82, 2.24) is 56.8 Å². The third kappa shape index (κ3) is 33.4. The van der Waals surface area contributed by atoms with Gasteiger partial charge in [0.2, 0.25) is 11.8 Å². The molecule has 0 bridgehead atoms. The topological polar surface area (TPSA) is 426 Å². The Hall–Kier alpha value is -16.0. The smallest absolute Gasteiger partial charge is 0.421 e. The molecule has 8 aromatic carbocycles. The lowest BCUT2D eigenvalue weighted by Crippen LogP contribution is -2.63. The number of amides is 15. The highest BCUT2D eigenvalue weighted by atomic mass is 16.6. The molecule has 141 heavy (non-hydrogen) atoms. The van der Waals surface area contributed by atoms with Crippen LogP contribution in [-0.2, 0) is 108 Å². The first-order valence-corrected chi connectivity index (χ1v) is 45.8. The number of imide groups is 4. The zero-order chi connectivity index (χ0) is 104. The van der Waals surface area contributed by atoms with E-state index in [2.05, 4.69) is 37.2 Å². The molecule has 0 spiro atoms. The van der Waals surface area contributed by atoms with Crippen molar-refractivity contribution in [3.8, 4) is 0 Å². The molecule has 0 radical (unpaired) electrons. The fraction of sp³-hybridized carbons (Fsp3) is 0.333. The van der Waals surface area contributed by atoms with Crippen LogP contribution in [0.25, 0.3) is 24.3 Å². The summed E-state index contributed by atoms with van der Waals surface area (Å²) in [5, 5.41) is 18.4. The maximum atomic E-state index is 16.6. The van der Waals surface area contributed by atoms with E-state index < -0.39 is 191 Å². The minimum atomic E-state index is -2.61. The SMILES string of the molecule is COC(=O)[C@H](CC(C)C)NC(=O)[C@H](CC(C)C)NC(=O)[C@H](CC(C)C)NC(=O)/C(=C\c1ccccc1)N(C(=O)OCc1ccccc1)C(=O)C(C)(C)NC(=O)/C(=C\c1ccccc1)N(C(=O)OCc1ccccc1)C(=O)C(C)(C)NC(=O)/C(=C\c1ccccc1)N(C(=O)OCc1ccccc1)C(=O)C(C)(C)NC(=O)/C(=C\c1ccccc1)N(C(=O)OCc1ccccc1)C(=O)C(C)(C)NC(=O)OC(C)(C)C. The van der Waals surface area contributed by atoms with Gasteiger partial charge in [0.25, 0.3) is 47.3 Å². The molecule has 0 aliphatic heterocycles. The maximum Gasteiger partial charge on any atom is 0.421 e. The number of esters is 1. The van der Waals surface area contributed by atoms with Gasteiger partial charge in [0.1, 0.15) is 95.1 Å². The van der Waals surface area contributed by atoms with E-state index in [1.54, 1.807) is 218 Å². The lowest BCUT2D eigenvalue weighted by molar-refractivity contribution is -0.146. The van der Waals surface area contributed by atoms with Gasteiger partial charge in [-0.05, 0) is 182 Å². The zero-order valence-corrected chi connectivity index (χ0v) is 82.6. The van der Waals surface area contributed by atoms with Gasteiger partial charge in [0.05, 0.1) is 7.11 Å². The fourth-order valence-corrected chi connectivity index (χ4v) is 14.0. The van der Waals surface area contributed by atoms with Crippen LogP contribution in [0.15, 0.2) is 265 Å². The minimum Gasteiger partial charge on any atom is -0.467 e. The van der Waals surface area contributed by atoms with E-state index in [0.29, 0.717) is 32.1 Å². The molecule has 15 amide bonds. The Morgan fingerprint density at radius 1 is 0.284 bits per heavy atom. The standard InChI is InChI=1S/C108H125N11O22/c1-70(2)59-81(89(121)111-83(61-72(5)6)94(126)136-18)109-88(120)82(60-71(3)4)110-90(122)84(62-73-43-27-19-28-44-73)116(100(132)137-66-77-51-35-23-36-52-77)95(127)105(10,11)112-91(123)85(63-74-45-29-20-30-46-74)117(101(133)138-67-78-53-37-24-38-54-78)96(128)106(12,13)113-92(124)86(64-75-47-31-21-32-48-75)118(102(134)139-68-79-55-39-25-40-56-79)97(129)107(14,15)114-93(125)87(65-76-49-33-22-34-50-76)119(103(135)140-69-80-57-41-26-42-58-80)98(130)108(16,17)115-99(131)141-104(7,8)9/h19-58,62-65,70-72,81-83H,59-61,66-69H2,1-18H3,(H,109,120)(H,110,122)(H,111,121)(H,112,123)(H,113,124)(H,114,125)(H,115,131)/b84-62+,85-63+,86-64+,87-65+/t81-,82-,83-/m0/s1. The highest BCUT2D eigenvalue weighted by Gasteiger charge is 2.50. The first kappa shape index (κ1) is 110. The summed E-state index contributed by atoms with van der Waals surface area (Å²) in [7, 11) is 1.18. The van der Waals surface area contributed by atoms with Gasteiger partial charge in [0.15, 0.2) is 0 Å². The van der Waals surface area contributed by atoms with E-state index in [1.165, 1.54) is 93.8 Å². The van der Waals surface area contributed by atoms with Gasteiger partial charge in [-0.3, -0.25) is 47.9 Å². The number of carbonyl (C=O) groups excluding carboxylic acids is 16. The highest BCUT2D eigenvalue weighted by molar-refractivity contribution is 6.17. The van der Waals surface area contributed by atoms with Crippen LogP contribution in [0.4, 0.5) is 24.0 Å². The van der Waals surface area contributed by atoms with Crippen LogP contribution in [-0.4, -0.2) is 168 Å². The summed E-state index contributed by atoms with van der Waals surface area (Å²) in [5.41, 5.74) is -12.3. The quantitative estimate of drug-likeness (QED) is 0.0107. The molecule has 0 aliphatic carbocycles. The van der Waals surface area contributed by atoms with Crippen LogP contribution < -0.4 is 37.2 Å². The maximum absolute atomic E-state index is 16.6. The minimum absolute atomic E-state index is 0.0459. The van der Waals surface area contributed by atoms with E-state index in [1.807, 2.05) is 13.8 Å². The van der Waals surface area contributed by atoms with E-state index >= 15 is 57.5 Å². The largest absolute Gasteiger partial charge is 0.467 e. The molecule has 8 rings (SSSR count). The molecule has 0 fully saturated rings. The Kier molecular flexibility index (Phi) is 39.8. The number of hydrogen-bond acceptors (Lipinski definition) is 22. The molecule has 33 nitrogen and oxygen atoms in total. The third-order valence-electron chi connectivity index (χ3n) is 21.1. The van der Waals surface area contributed by atoms with E-state index in [-0.39, 0.29) is 69.1 Å². The molecule has 8 aromatic rings. The van der Waals surface area contributed by atoms with Crippen molar-refractivity contribution in [3.63, 3.8) is 0 Å². The fourth-order valence-electron chi connectivity index (χ4n) is 14.0. The van der Waals surface area contributed by atoms with Crippen molar-refractivity contribution in [1.29, 1.82) is 0 Å². The summed E-state index contributed by atoms with van der Waals surface area (Å²) >= 11 is 0. The Balaban J connectivity index is 1.26. The van der Waals surface area contributed by atoms with Crippen molar-refractivity contribution in [2.75, 3.05) is 7.11 Å². The van der Waals surface area contributed by atoms with Gasteiger partial charge in [0, 0.05) is 0 Å². The highest BCUT2D eigenvalue weighted by Crippen LogP contribution is 2.30. The van der Waals surface area contributed by atoms with Crippen molar-refractivity contribution in [3.05, 3.63) is 310 Å². The monoisotopic (exact) mass is 1930 g/mol. The molecule has 0 aliphatic rings. The first-order chi connectivity index (χ1) is 66.6. The number of hydrogen-bond donors (Lipinski definition) is 7. The molecule has 0 saturated heterocycles. The molecule has 3 atom stereocenters. The summed E-state index contributed by atoms with van der Waals surface area (Å²) < 4.78 is 34.1. The second-order valence-electron chi connectivity index (χ2n) is 37.5. The van der Waals surface area contributed by atoms with Crippen molar-refractivity contribution >= 4 is 120 Å². The zero-order valence-electron chi connectivity index (χ0n) is 82.6. The van der Waals surface area contributed by atoms with Gasteiger partial charge in [-0.1, -0.05) is 284 Å². The third-order valence-corrected chi connectivity index (χ3v) is 21.1. The summed E-state index contributed by atoms with van der Waals surface area (Å²) in [6.45, 7) is 22.4. The van der Waals surface area contributed by atoms with Crippen LogP contribution in [0.3, 0.4) is 0 Å². The number of nitrogens with zero attached hydrogens (tertiary/aromatic N) is 4. The molecular formula is C108H125N11O22. The molecule has 7 N–H and O–H groups in total. The predicted molar refractivity (Wildman–Crippen MR) is 528 cm³/mol. The van der Waals surface area contributed by atoms with Gasteiger partial charge >= 0.3 is 36.4 Å². The van der Waals surface area contributed by atoms with Crippen LogP contribution >= 0.6 is 0 Å². The Bertz CT molecular complexity index is 5870.